The van der Waals surface area contributed by atoms with E-state index in [1.54, 1.807) is 25.1 Å². The Morgan fingerprint density at radius 3 is 2.69 bits per heavy atom. The third-order valence-electron chi connectivity index (χ3n) is 4.92. The molecule has 154 valence electrons. The van der Waals surface area contributed by atoms with E-state index < -0.39 is 6.10 Å². The minimum absolute atomic E-state index is 0.117. The summed E-state index contributed by atoms with van der Waals surface area (Å²) in [7, 11) is 0. The number of carbonyl (C=O) groups is 2. The highest BCUT2D eigenvalue weighted by Crippen LogP contribution is 2.28. The maximum absolute atomic E-state index is 12.5. The van der Waals surface area contributed by atoms with Gasteiger partial charge in [0.25, 0.3) is 5.91 Å². The van der Waals surface area contributed by atoms with Crippen LogP contribution >= 0.6 is 23.2 Å². The molecule has 1 unspecified atom stereocenters. The standard InChI is InChI=1S/C22H24Cl2N2O3/c1-15(29-20-9-8-18(23)13-19(20)24)22(28)25-11-4-7-21(27)26-12-10-16-5-2-3-6-17(16)14-26/h2-3,5-6,8-9,13,15H,4,7,10-12,14H2,1H3,(H,25,28). The summed E-state index contributed by atoms with van der Waals surface area (Å²) >= 11 is 11.9. The van der Waals surface area contributed by atoms with Crippen LogP contribution in [0, 0.1) is 0 Å². The zero-order valence-corrected chi connectivity index (χ0v) is 17.8. The average Bonchev–Trinajstić information content (AvgIpc) is 2.72. The van der Waals surface area contributed by atoms with Gasteiger partial charge in [-0.3, -0.25) is 9.59 Å². The monoisotopic (exact) mass is 434 g/mol. The molecule has 2 aromatic carbocycles. The van der Waals surface area contributed by atoms with Crippen molar-refractivity contribution in [1.29, 1.82) is 0 Å². The quantitative estimate of drug-likeness (QED) is 0.662. The summed E-state index contributed by atoms with van der Waals surface area (Å²) in [5, 5.41) is 3.66. The number of carbonyl (C=O) groups excluding carboxylic acids is 2. The molecule has 1 aliphatic heterocycles. The number of nitrogens with zero attached hydrogens (tertiary/aromatic N) is 1. The van der Waals surface area contributed by atoms with Crippen LogP contribution in [0.5, 0.6) is 5.75 Å². The van der Waals surface area contributed by atoms with Crippen LogP contribution in [0.3, 0.4) is 0 Å². The highest BCUT2D eigenvalue weighted by Gasteiger charge is 2.20. The van der Waals surface area contributed by atoms with Gasteiger partial charge in [0.05, 0.1) is 5.02 Å². The van der Waals surface area contributed by atoms with Crippen molar-refractivity contribution in [2.45, 2.75) is 38.8 Å². The summed E-state index contributed by atoms with van der Waals surface area (Å²) in [6.45, 7) is 3.47. The molecule has 29 heavy (non-hydrogen) atoms. The fraction of sp³-hybridized carbons (Fsp3) is 0.364. The zero-order chi connectivity index (χ0) is 20.8. The molecule has 1 N–H and O–H groups in total. The lowest BCUT2D eigenvalue weighted by molar-refractivity contribution is -0.132. The number of amides is 2. The van der Waals surface area contributed by atoms with Crippen LogP contribution in [0.2, 0.25) is 10.0 Å². The normalized spacial score (nSPS) is 14.1. The largest absolute Gasteiger partial charge is 0.479 e. The van der Waals surface area contributed by atoms with Crippen LogP contribution in [-0.2, 0) is 22.6 Å². The number of benzene rings is 2. The Morgan fingerprint density at radius 1 is 1.17 bits per heavy atom. The molecule has 0 saturated heterocycles. The lowest BCUT2D eigenvalue weighted by atomic mass is 9.99. The first-order chi connectivity index (χ1) is 13.9. The maximum Gasteiger partial charge on any atom is 0.260 e. The highest BCUT2D eigenvalue weighted by atomic mass is 35.5. The van der Waals surface area contributed by atoms with E-state index in [0.29, 0.717) is 41.7 Å². The van der Waals surface area contributed by atoms with Gasteiger partial charge in [0.2, 0.25) is 5.91 Å². The Labute approximate surface area is 180 Å². The number of hydrogen-bond acceptors (Lipinski definition) is 3. The second kappa shape index (κ2) is 9.99. The predicted octanol–water partition coefficient (Wildman–Crippen LogP) is 4.24. The summed E-state index contributed by atoms with van der Waals surface area (Å²) in [5.41, 5.74) is 2.53. The van der Waals surface area contributed by atoms with Crippen molar-refractivity contribution >= 4 is 35.0 Å². The maximum atomic E-state index is 12.5. The SMILES string of the molecule is CC(Oc1ccc(Cl)cc1Cl)C(=O)NCCCC(=O)N1CCc2ccccc2C1. The van der Waals surface area contributed by atoms with E-state index in [1.807, 2.05) is 17.0 Å². The second-order valence-electron chi connectivity index (χ2n) is 7.06. The van der Waals surface area contributed by atoms with Gasteiger partial charge in [0, 0.05) is 31.1 Å². The van der Waals surface area contributed by atoms with Gasteiger partial charge in [0.15, 0.2) is 6.10 Å². The van der Waals surface area contributed by atoms with E-state index in [1.165, 1.54) is 11.1 Å². The van der Waals surface area contributed by atoms with Gasteiger partial charge in [-0.25, -0.2) is 0 Å². The Morgan fingerprint density at radius 2 is 1.93 bits per heavy atom. The lowest BCUT2D eigenvalue weighted by Gasteiger charge is -2.29. The molecule has 5 nitrogen and oxygen atoms in total. The van der Waals surface area contributed by atoms with Gasteiger partial charge >= 0.3 is 0 Å². The first-order valence-corrected chi connectivity index (χ1v) is 10.4. The fourth-order valence-corrected chi connectivity index (χ4v) is 3.73. The van der Waals surface area contributed by atoms with Crippen LogP contribution in [0.1, 0.15) is 30.9 Å². The molecule has 0 aliphatic carbocycles. The minimum atomic E-state index is -0.706. The molecule has 0 fully saturated rings. The number of halogens is 2. The van der Waals surface area contributed by atoms with Crippen LogP contribution in [0.4, 0.5) is 0 Å². The third-order valence-corrected chi connectivity index (χ3v) is 5.45. The number of ether oxygens (including phenoxy) is 1. The van der Waals surface area contributed by atoms with Crippen molar-refractivity contribution in [3.63, 3.8) is 0 Å². The van der Waals surface area contributed by atoms with Crippen LogP contribution in [0.25, 0.3) is 0 Å². The van der Waals surface area contributed by atoms with E-state index in [2.05, 4.69) is 17.4 Å². The summed E-state index contributed by atoms with van der Waals surface area (Å²) in [5.74, 6) is 0.264. The third kappa shape index (κ3) is 5.87. The van der Waals surface area contributed by atoms with E-state index >= 15 is 0 Å². The van der Waals surface area contributed by atoms with E-state index in [9.17, 15) is 9.59 Å². The number of rotatable bonds is 7. The van der Waals surface area contributed by atoms with Crippen molar-refractivity contribution in [3.05, 3.63) is 63.6 Å². The summed E-state index contributed by atoms with van der Waals surface area (Å²) in [6.07, 6.45) is 1.17. The molecule has 2 amide bonds. The molecule has 3 rings (SSSR count). The first-order valence-electron chi connectivity index (χ1n) is 9.68. The molecule has 0 spiro atoms. The zero-order valence-electron chi connectivity index (χ0n) is 16.3. The van der Waals surface area contributed by atoms with Crippen molar-refractivity contribution in [3.8, 4) is 5.75 Å². The fourth-order valence-electron chi connectivity index (χ4n) is 3.28. The van der Waals surface area contributed by atoms with Gasteiger partial charge in [-0.2, -0.15) is 0 Å². The van der Waals surface area contributed by atoms with Gasteiger partial charge in [-0.15, -0.1) is 0 Å². The number of nitrogens with one attached hydrogen (secondary N) is 1. The van der Waals surface area contributed by atoms with Crippen LogP contribution in [0.15, 0.2) is 42.5 Å². The lowest BCUT2D eigenvalue weighted by Crippen LogP contribution is -2.38. The summed E-state index contributed by atoms with van der Waals surface area (Å²) < 4.78 is 5.59. The van der Waals surface area contributed by atoms with Crippen molar-refractivity contribution in [1.82, 2.24) is 10.2 Å². The molecular weight excluding hydrogens is 411 g/mol. The van der Waals surface area contributed by atoms with Gasteiger partial charge in [-0.05, 0) is 49.1 Å². The molecule has 0 bridgehead atoms. The molecule has 0 saturated carbocycles. The van der Waals surface area contributed by atoms with Gasteiger partial charge in [-0.1, -0.05) is 47.5 Å². The minimum Gasteiger partial charge on any atom is -0.479 e. The van der Waals surface area contributed by atoms with Crippen LogP contribution < -0.4 is 10.1 Å². The Hall–Kier alpha value is -2.24. The first kappa shape index (κ1) is 21.5. The van der Waals surface area contributed by atoms with E-state index in [0.717, 1.165) is 13.0 Å². The summed E-state index contributed by atoms with van der Waals surface area (Å²) in [6, 6.07) is 13.1. The van der Waals surface area contributed by atoms with Crippen molar-refractivity contribution in [2.24, 2.45) is 0 Å². The van der Waals surface area contributed by atoms with Crippen LogP contribution in [-0.4, -0.2) is 35.9 Å². The Balaban J connectivity index is 1.38. The smallest absolute Gasteiger partial charge is 0.260 e. The number of hydrogen-bond donors (Lipinski definition) is 1. The number of fused-ring (bicyclic) bond motifs is 1. The highest BCUT2D eigenvalue weighted by molar-refractivity contribution is 6.35. The molecule has 2 aromatic rings. The van der Waals surface area contributed by atoms with E-state index in [4.69, 9.17) is 27.9 Å². The van der Waals surface area contributed by atoms with E-state index in [-0.39, 0.29) is 11.8 Å². The predicted molar refractivity (Wildman–Crippen MR) is 114 cm³/mol. The molecule has 1 aliphatic rings. The van der Waals surface area contributed by atoms with Crippen molar-refractivity contribution < 1.29 is 14.3 Å². The Bertz CT molecular complexity index is 888. The molecule has 1 atom stereocenters. The molecule has 0 aromatic heterocycles. The van der Waals surface area contributed by atoms with Gasteiger partial charge < -0.3 is 15.0 Å². The molecular formula is C22H24Cl2N2O3. The molecule has 1 heterocycles. The van der Waals surface area contributed by atoms with Crippen molar-refractivity contribution in [2.75, 3.05) is 13.1 Å². The Kier molecular flexibility index (Phi) is 7.40. The second-order valence-corrected chi connectivity index (χ2v) is 7.91. The van der Waals surface area contributed by atoms with Gasteiger partial charge in [0.1, 0.15) is 5.75 Å². The topological polar surface area (TPSA) is 58.6 Å². The average molecular weight is 435 g/mol. The molecule has 7 heteroatoms. The summed E-state index contributed by atoms with van der Waals surface area (Å²) in [4.78, 5) is 26.6. The molecule has 0 radical (unpaired) electrons.